The SMILES string of the molecule is O=C(COc1ccc2cc(Br)ccc2c1Br)NC(=S)Nc1ccc(Cl)c([N+](=O)[O-])c1. The highest BCUT2D eigenvalue weighted by atomic mass is 79.9. The number of nitrogens with one attached hydrogen (secondary N) is 2. The summed E-state index contributed by atoms with van der Waals surface area (Å²) in [5, 5.41) is 18.0. The smallest absolute Gasteiger partial charge is 0.289 e. The minimum Gasteiger partial charge on any atom is -0.483 e. The van der Waals surface area contributed by atoms with E-state index in [-0.39, 0.29) is 22.4 Å². The van der Waals surface area contributed by atoms with Crippen molar-refractivity contribution in [1.82, 2.24) is 5.32 Å². The highest BCUT2D eigenvalue weighted by molar-refractivity contribution is 9.11. The molecule has 2 N–H and O–H groups in total. The summed E-state index contributed by atoms with van der Waals surface area (Å²) >= 11 is 17.8. The summed E-state index contributed by atoms with van der Waals surface area (Å²) in [5.41, 5.74) is 0.0491. The molecule has 0 radical (unpaired) electrons. The normalized spacial score (nSPS) is 10.5. The average Bonchev–Trinajstić information content (AvgIpc) is 2.68. The molecule has 11 heteroatoms. The zero-order valence-corrected chi connectivity index (χ0v) is 19.7. The van der Waals surface area contributed by atoms with Crippen molar-refractivity contribution in [2.45, 2.75) is 0 Å². The van der Waals surface area contributed by atoms with Crippen LogP contribution in [0.4, 0.5) is 11.4 Å². The Labute approximate surface area is 198 Å². The lowest BCUT2D eigenvalue weighted by atomic mass is 10.1. The molecule has 1 amide bonds. The molecule has 0 spiro atoms. The number of anilines is 1. The van der Waals surface area contributed by atoms with Crippen molar-refractivity contribution in [2.75, 3.05) is 11.9 Å². The van der Waals surface area contributed by atoms with Gasteiger partial charge < -0.3 is 10.1 Å². The fraction of sp³-hybridized carbons (Fsp3) is 0.0526. The van der Waals surface area contributed by atoms with E-state index in [2.05, 4.69) is 42.5 Å². The molecule has 0 aromatic heterocycles. The maximum Gasteiger partial charge on any atom is 0.289 e. The number of rotatable bonds is 5. The average molecular weight is 574 g/mol. The van der Waals surface area contributed by atoms with Crippen LogP contribution in [0.25, 0.3) is 10.8 Å². The van der Waals surface area contributed by atoms with Gasteiger partial charge in [-0.3, -0.25) is 20.2 Å². The van der Waals surface area contributed by atoms with Crippen molar-refractivity contribution in [3.05, 3.63) is 72.6 Å². The van der Waals surface area contributed by atoms with Crippen LogP contribution in [0.15, 0.2) is 57.5 Å². The number of amides is 1. The van der Waals surface area contributed by atoms with E-state index in [0.717, 1.165) is 19.7 Å². The zero-order valence-electron chi connectivity index (χ0n) is 14.9. The molecule has 0 heterocycles. The third-order valence-electron chi connectivity index (χ3n) is 3.89. The van der Waals surface area contributed by atoms with Gasteiger partial charge >= 0.3 is 0 Å². The molecule has 0 saturated carbocycles. The molecule has 0 atom stereocenters. The van der Waals surface area contributed by atoms with Crippen LogP contribution < -0.4 is 15.4 Å². The number of nitro benzene ring substituents is 1. The second-order valence-corrected chi connectivity index (χ2v) is 8.48. The summed E-state index contributed by atoms with van der Waals surface area (Å²) in [6.45, 7) is -0.275. The third-order valence-corrected chi connectivity index (χ3v) is 5.73. The minimum absolute atomic E-state index is 0.00206. The van der Waals surface area contributed by atoms with Crippen molar-refractivity contribution < 1.29 is 14.5 Å². The number of ether oxygens (including phenoxy) is 1. The number of nitrogens with zero attached hydrogens (tertiary/aromatic N) is 1. The summed E-state index contributed by atoms with van der Waals surface area (Å²) in [6, 6.07) is 13.6. The molecule has 3 rings (SSSR count). The van der Waals surface area contributed by atoms with E-state index in [0.29, 0.717) is 11.4 Å². The number of hydrogen-bond acceptors (Lipinski definition) is 5. The van der Waals surface area contributed by atoms with Crippen LogP contribution in [0.2, 0.25) is 5.02 Å². The molecule has 154 valence electrons. The number of benzene rings is 3. The van der Waals surface area contributed by atoms with Gasteiger partial charge in [-0.25, -0.2) is 0 Å². The van der Waals surface area contributed by atoms with Gasteiger partial charge in [0.15, 0.2) is 11.7 Å². The summed E-state index contributed by atoms with van der Waals surface area (Å²) in [4.78, 5) is 22.5. The van der Waals surface area contributed by atoms with Gasteiger partial charge in [-0.05, 0) is 69.3 Å². The highest BCUT2D eigenvalue weighted by Gasteiger charge is 2.14. The fourth-order valence-electron chi connectivity index (χ4n) is 2.55. The molecule has 0 unspecified atom stereocenters. The number of nitro groups is 1. The second-order valence-electron chi connectivity index (χ2n) is 5.96. The van der Waals surface area contributed by atoms with Crippen LogP contribution in [0.3, 0.4) is 0 Å². The Balaban J connectivity index is 1.59. The largest absolute Gasteiger partial charge is 0.483 e. The predicted octanol–water partition coefficient (Wildman–Crippen LogP) is 5.82. The molecule has 0 fully saturated rings. The molecule has 0 aliphatic heterocycles. The first kappa shape index (κ1) is 22.4. The van der Waals surface area contributed by atoms with E-state index in [1.807, 2.05) is 24.3 Å². The molecule has 7 nitrogen and oxygen atoms in total. The number of fused-ring (bicyclic) bond motifs is 1. The minimum atomic E-state index is -0.608. The Morgan fingerprint density at radius 2 is 1.93 bits per heavy atom. The summed E-state index contributed by atoms with van der Waals surface area (Å²) < 4.78 is 7.28. The van der Waals surface area contributed by atoms with Gasteiger partial charge in [0, 0.05) is 16.2 Å². The monoisotopic (exact) mass is 571 g/mol. The lowest BCUT2D eigenvalue weighted by Crippen LogP contribution is -2.37. The van der Waals surface area contributed by atoms with Crippen molar-refractivity contribution in [1.29, 1.82) is 0 Å². The van der Waals surface area contributed by atoms with Crippen LogP contribution in [0.5, 0.6) is 5.75 Å². The first-order chi connectivity index (χ1) is 14.2. The molecule has 0 aliphatic rings. The van der Waals surface area contributed by atoms with Crippen LogP contribution in [0.1, 0.15) is 0 Å². The van der Waals surface area contributed by atoms with Crippen molar-refractivity contribution in [3.63, 3.8) is 0 Å². The summed E-state index contributed by atoms with van der Waals surface area (Å²) in [5.74, 6) is 0.0194. The number of halogens is 3. The van der Waals surface area contributed by atoms with E-state index < -0.39 is 10.8 Å². The number of thiocarbonyl (C=S) groups is 1. The third kappa shape index (κ3) is 5.45. The summed E-state index contributed by atoms with van der Waals surface area (Å²) in [6.07, 6.45) is 0. The highest BCUT2D eigenvalue weighted by Crippen LogP contribution is 2.34. The van der Waals surface area contributed by atoms with Gasteiger partial charge in [-0.2, -0.15) is 0 Å². The lowest BCUT2D eigenvalue weighted by Gasteiger charge is -2.12. The van der Waals surface area contributed by atoms with Gasteiger partial charge in [-0.15, -0.1) is 0 Å². The van der Waals surface area contributed by atoms with Crippen molar-refractivity contribution in [2.24, 2.45) is 0 Å². The number of carbonyl (C=O) groups excluding carboxylic acids is 1. The molecule has 3 aromatic rings. The van der Waals surface area contributed by atoms with Crippen LogP contribution >= 0.6 is 55.7 Å². The van der Waals surface area contributed by atoms with Gasteiger partial charge in [0.2, 0.25) is 0 Å². The molecular formula is C19H12Br2ClN3O4S. The van der Waals surface area contributed by atoms with E-state index in [1.54, 1.807) is 6.07 Å². The first-order valence-electron chi connectivity index (χ1n) is 8.30. The molecule has 0 aliphatic carbocycles. The van der Waals surface area contributed by atoms with Gasteiger partial charge in [0.25, 0.3) is 11.6 Å². The first-order valence-corrected chi connectivity index (χ1v) is 10.7. The van der Waals surface area contributed by atoms with Crippen molar-refractivity contribution >= 4 is 88.8 Å². The quantitative estimate of drug-likeness (QED) is 0.227. The Hall–Kier alpha value is -2.27. The Morgan fingerprint density at radius 3 is 2.67 bits per heavy atom. The Kier molecular flexibility index (Phi) is 7.24. The lowest BCUT2D eigenvalue weighted by molar-refractivity contribution is -0.384. The number of carbonyl (C=O) groups is 1. The topological polar surface area (TPSA) is 93.5 Å². The molecule has 30 heavy (non-hydrogen) atoms. The molecule has 0 saturated heterocycles. The van der Waals surface area contributed by atoms with Gasteiger partial charge in [0.1, 0.15) is 10.8 Å². The van der Waals surface area contributed by atoms with E-state index in [9.17, 15) is 14.9 Å². The van der Waals surface area contributed by atoms with Crippen molar-refractivity contribution in [3.8, 4) is 5.75 Å². The maximum atomic E-state index is 12.2. The summed E-state index contributed by atoms with van der Waals surface area (Å²) in [7, 11) is 0. The molecule has 0 bridgehead atoms. The van der Waals surface area contributed by atoms with Crippen LogP contribution in [-0.4, -0.2) is 22.5 Å². The van der Waals surface area contributed by atoms with Gasteiger partial charge in [0.05, 0.1) is 9.40 Å². The van der Waals surface area contributed by atoms with Gasteiger partial charge in [-0.1, -0.05) is 39.7 Å². The van der Waals surface area contributed by atoms with Crippen LogP contribution in [0, 0.1) is 10.1 Å². The number of hydrogen-bond donors (Lipinski definition) is 2. The zero-order chi connectivity index (χ0) is 21.8. The maximum absolute atomic E-state index is 12.2. The Bertz CT molecular complexity index is 1180. The predicted molar refractivity (Wildman–Crippen MR) is 127 cm³/mol. The fourth-order valence-corrected chi connectivity index (χ4v) is 3.96. The van der Waals surface area contributed by atoms with E-state index in [1.165, 1.54) is 18.2 Å². The van der Waals surface area contributed by atoms with E-state index in [4.69, 9.17) is 28.6 Å². The van der Waals surface area contributed by atoms with Crippen LogP contribution in [-0.2, 0) is 4.79 Å². The molecule has 3 aromatic carbocycles. The van der Waals surface area contributed by atoms with E-state index >= 15 is 0 Å². The standard InChI is InChI=1S/C19H12Br2ClN3O4S/c20-11-2-4-13-10(7-11)1-6-16(18(13)21)29-9-17(26)24-19(30)23-12-3-5-14(22)15(8-12)25(27)28/h1-8H,9H2,(H2,23,24,26,30). The Morgan fingerprint density at radius 1 is 1.17 bits per heavy atom. The molecular weight excluding hydrogens is 562 g/mol. The second kappa shape index (κ2) is 9.69.